The maximum atomic E-state index is 11.6. The van der Waals surface area contributed by atoms with Crippen molar-refractivity contribution in [3.8, 4) is 0 Å². The molecule has 0 spiro atoms. The quantitative estimate of drug-likeness (QED) is 0.758. The molecule has 6 heteroatoms. The number of rotatable bonds is 3. The zero-order chi connectivity index (χ0) is 14.0. The molecule has 0 bridgehead atoms. The molecule has 0 radical (unpaired) electrons. The number of piperazine rings is 1. The van der Waals surface area contributed by atoms with Crippen molar-refractivity contribution in [2.24, 2.45) is 0 Å². The van der Waals surface area contributed by atoms with E-state index in [1.165, 1.54) is 4.90 Å². The van der Waals surface area contributed by atoms with E-state index in [0.29, 0.717) is 5.56 Å². The summed E-state index contributed by atoms with van der Waals surface area (Å²) in [6, 6.07) is 6.89. The van der Waals surface area contributed by atoms with Gasteiger partial charge in [0.05, 0.1) is 12.6 Å². The van der Waals surface area contributed by atoms with Gasteiger partial charge in [0.15, 0.2) is 0 Å². The summed E-state index contributed by atoms with van der Waals surface area (Å²) in [7, 11) is 0. The molecule has 1 aliphatic rings. The molecule has 2 unspecified atom stereocenters. The number of aliphatic carboxylic acids is 1. The Morgan fingerprint density at radius 1 is 1.37 bits per heavy atom. The van der Waals surface area contributed by atoms with Gasteiger partial charge < -0.3 is 5.11 Å². The summed E-state index contributed by atoms with van der Waals surface area (Å²) in [4.78, 5) is 35.9. The highest BCUT2D eigenvalue weighted by molar-refractivity contribution is 6.01. The van der Waals surface area contributed by atoms with Gasteiger partial charge in [-0.2, -0.15) is 0 Å². The van der Waals surface area contributed by atoms with E-state index in [9.17, 15) is 19.5 Å². The Kier molecular flexibility index (Phi) is 3.62. The molecule has 2 amide bonds. The monoisotopic (exact) mass is 262 g/mol. The van der Waals surface area contributed by atoms with Gasteiger partial charge in [-0.15, -0.1) is 0 Å². The Hall–Kier alpha value is -2.21. The molecule has 1 saturated heterocycles. The van der Waals surface area contributed by atoms with Crippen LogP contribution in [0.15, 0.2) is 30.3 Å². The number of carbonyl (C=O) groups is 3. The van der Waals surface area contributed by atoms with Gasteiger partial charge in [-0.05, 0) is 12.5 Å². The number of nitrogens with zero attached hydrogens (tertiary/aromatic N) is 1. The van der Waals surface area contributed by atoms with Crippen LogP contribution in [-0.2, 0) is 14.4 Å². The van der Waals surface area contributed by atoms with Crippen molar-refractivity contribution in [3.63, 3.8) is 0 Å². The minimum Gasteiger partial charge on any atom is -0.480 e. The van der Waals surface area contributed by atoms with Crippen LogP contribution in [-0.4, -0.2) is 40.4 Å². The standard InChI is InChI=1S/C13H14N2O4/c1-8-12(17)14-10(16)7-15(8)11(13(18)19)9-5-3-2-4-6-9/h2-6,8,11H,7H2,1H3,(H,18,19)(H,14,16,17). The van der Waals surface area contributed by atoms with Crippen LogP contribution in [0.25, 0.3) is 0 Å². The molecule has 2 N–H and O–H groups in total. The van der Waals surface area contributed by atoms with Crippen molar-refractivity contribution in [1.29, 1.82) is 0 Å². The molecule has 1 aliphatic heterocycles. The molecule has 0 saturated carbocycles. The third-order valence-corrected chi connectivity index (χ3v) is 3.15. The highest BCUT2D eigenvalue weighted by Gasteiger charge is 2.38. The van der Waals surface area contributed by atoms with E-state index >= 15 is 0 Å². The van der Waals surface area contributed by atoms with Crippen LogP contribution in [0.2, 0.25) is 0 Å². The van der Waals surface area contributed by atoms with Crippen LogP contribution in [0.4, 0.5) is 0 Å². The second-order valence-electron chi connectivity index (χ2n) is 4.41. The highest BCUT2D eigenvalue weighted by atomic mass is 16.4. The van der Waals surface area contributed by atoms with E-state index in [4.69, 9.17) is 0 Å². The smallest absolute Gasteiger partial charge is 0.325 e. The molecule has 19 heavy (non-hydrogen) atoms. The average molecular weight is 262 g/mol. The van der Waals surface area contributed by atoms with Gasteiger partial charge in [-0.1, -0.05) is 30.3 Å². The molecule has 2 rings (SSSR count). The molecule has 1 aromatic carbocycles. The molecule has 2 atom stereocenters. The third kappa shape index (κ3) is 2.63. The Labute approximate surface area is 110 Å². The van der Waals surface area contributed by atoms with Gasteiger partial charge in [0.1, 0.15) is 6.04 Å². The minimum absolute atomic E-state index is 0.112. The predicted molar refractivity (Wildman–Crippen MR) is 66.1 cm³/mol. The largest absolute Gasteiger partial charge is 0.480 e. The Morgan fingerprint density at radius 3 is 2.58 bits per heavy atom. The van der Waals surface area contributed by atoms with Crippen LogP contribution in [0.5, 0.6) is 0 Å². The van der Waals surface area contributed by atoms with E-state index in [2.05, 4.69) is 5.32 Å². The summed E-state index contributed by atoms with van der Waals surface area (Å²) >= 11 is 0. The van der Waals surface area contributed by atoms with Crippen LogP contribution in [0.3, 0.4) is 0 Å². The predicted octanol–water partition coefficient (Wildman–Crippen LogP) is 0.159. The van der Waals surface area contributed by atoms with Crippen LogP contribution >= 0.6 is 0 Å². The van der Waals surface area contributed by atoms with Crippen LogP contribution in [0, 0.1) is 0 Å². The Balaban J connectivity index is 2.36. The van der Waals surface area contributed by atoms with E-state index in [-0.39, 0.29) is 6.54 Å². The number of imide groups is 1. The van der Waals surface area contributed by atoms with Crippen LogP contribution in [0.1, 0.15) is 18.5 Å². The minimum atomic E-state index is -1.08. The molecule has 1 aromatic rings. The van der Waals surface area contributed by atoms with Gasteiger partial charge in [-0.25, -0.2) is 0 Å². The third-order valence-electron chi connectivity index (χ3n) is 3.15. The maximum Gasteiger partial charge on any atom is 0.325 e. The lowest BCUT2D eigenvalue weighted by Gasteiger charge is -2.35. The SMILES string of the molecule is CC1C(=O)NC(=O)CN1C(C(=O)O)c1ccccc1. The average Bonchev–Trinajstić information content (AvgIpc) is 2.36. The number of carboxylic acids is 1. The van der Waals surface area contributed by atoms with Crippen molar-refractivity contribution in [2.45, 2.75) is 19.0 Å². The second kappa shape index (κ2) is 5.19. The first-order valence-corrected chi connectivity index (χ1v) is 5.88. The molecule has 6 nitrogen and oxygen atoms in total. The number of carboxylic acid groups (broad SMARTS) is 1. The second-order valence-corrected chi connectivity index (χ2v) is 4.41. The zero-order valence-corrected chi connectivity index (χ0v) is 10.4. The molecule has 1 fully saturated rings. The van der Waals surface area contributed by atoms with Gasteiger partial charge in [0, 0.05) is 0 Å². The molecule has 1 heterocycles. The number of hydrogen-bond acceptors (Lipinski definition) is 4. The molecular formula is C13H14N2O4. The van der Waals surface area contributed by atoms with E-state index < -0.39 is 29.9 Å². The fourth-order valence-corrected chi connectivity index (χ4v) is 2.16. The number of carbonyl (C=O) groups excluding carboxylic acids is 2. The van der Waals surface area contributed by atoms with Crippen molar-refractivity contribution in [3.05, 3.63) is 35.9 Å². The van der Waals surface area contributed by atoms with Crippen molar-refractivity contribution < 1.29 is 19.5 Å². The first kappa shape index (κ1) is 13.2. The Bertz CT molecular complexity index is 515. The van der Waals surface area contributed by atoms with Gasteiger partial charge >= 0.3 is 5.97 Å². The van der Waals surface area contributed by atoms with E-state index in [0.717, 1.165) is 0 Å². The lowest BCUT2D eigenvalue weighted by Crippen LogP contribution is -2.58. The number of hydrogen-bond donors (Lipinski definition) is 2. The van der Waals surface area contributed by atoms with E-state index in [1.807, 2.05) is 0 Å². The summed E-state index contributed by atoms with van der Waals surface area (Å²) in [5, 5.41) is 11.6. The van der Waals surface area contributed by atoms with Crippen molar-refractivity contribution in [2.75, 3.05) is 6.54 Å². The summed E-state index contributed by atoms with van der Waals surface area (Å²) in [5.41, 5.74) is 0.546. The molecule has 0 aliphatic carbocycles. The highest BCUT2D eigenvalue weighted by Crippen LogP contribution is 2.24. The molecule has 100 valence electrons. The zero-order valence-electron chi connectivity index (χ0n) is 10.4. The van der Waals surface area contributed by atoms with Gasteiger partial charge in [0.2, 0.25) is 11.8 Å². The molecular weight excluding hydrogens is 248 g/mol. The topological polar surface area (TPSA) is 86.7 Å². The van der Waals surface area contributed by atoms with Gasteiger partial charge in [-0.3, -0.25) is 24.6 Å². The number of benzene rings is 1. The number of amides is 2. The number of nitrogens with one attached hydrogen (secondary N) is 1. The van der Waals surface area contributed by atoms with Gasteiger partial charge in [0.25, 0.3) is 0 Å². The van der Waals surface area contributed by atoms with E-state index in [1.54, 1.807) is 37.3 Å². The fourth-order valence-electron chi connectivity index (χ4n) is 2.16. The maximum absolute atomic E-state index is 11.6. The Morgan fingerprint density at radius 2 is 2.00 bits per heavy atom. The lowest BCUT2D eigenvalue weighted by molar-refractivity contribution is -0.150. The summed E-state index contributed by atoms with van der Waals surface area (Å²) in [6.45, 7) is 1.47. The van der Waals surface area contributed by atoms with Crippen molar-refractivity contribution >= 4 is 17.8 Å². The van der Waals surface area contributed by atoms with Crippen LogP contribution < -0.4 is 5.32 Å². The lowest BCUT2D eigenvalue weighted by atomic mass is 10.0. The first-order valence-electron chi connectivity index (χ1n) is 5.88. The summed E-state index contributed by atoms with van der Waals surface area (Å²) < 4.78 is 0. The summed E-state index contributed by atoms with van der Waals surface area (Å²) in [6.07, 6.45) is 0. The molecule has 0 aromatic heterocycles. The summed E-state index contributed by atoms with van der Waals surface area (Å²) in [5.74, 6) is -2.04. The van der Waals surface area contributed by atoms with Crippen molar-refractivity contribution in [1.82, 2.24) is 10.2 Å². The normalized spacial score (nSPS) is 21.8. The fraction of sp³-hybridized carbons (Fsp3) is 0.308. The first-order chi connectivity index (χ1) is 9.00.